The van der Waals surface area contributed by atoms with Crippen LogP contribution in [0.4, 0.5) is 22.0 Å². The van der Waals surface area contributed by atoms with Crippen molar-refractivity contribution >= 4 is 16.9 Å². The fraction of sp³-hybridized carbons (Fsp3) is 0.333. The van der Waals surface area contributed by atoms with E-state index in [-0.39, 0.29) is 17.8 Å². The van der Waals surface area contributed by atoms with Crippen LogP contribution in [0.2, 0.25) is 0 Å². The molecule has 4 aromatic rings. The first-order chi connectivity index (χ1) is 18.5. The Morgan fingerprint density at radius 3 is 2.59 bits per heavy atom. The molecule has 6 rings (SSSR count). The van der Waals surface area contributed by atoms with Gasteiger partial charge in [0, 0.05) is 23.6 Å². The summed E-state index contributed by atoms with van der Waals surface area (Å²) in [7, 11) is 0. The van der Waals surface area contributed by atoms with Crippen molar-refractivity contribution < 1.29 is 26.7 Å². The number of fused-ring (bicyclic) bond motifs is 4. The first-order valence-electron chi connectivity index (χ1n) is 12.9. The highest BCUT2D eigenvalue weighted by molar-refractivity contribution is 5.97. The number of likely N-dealkylation sites (tertiary alicyclic amines) is 1. The topological polar surface area (TPSA) is 49.0 Å². The summed E-state index contributed by atoms with van der Waals surface area (Å²) < 4.78 is 69.0. The minimum Gasteiger partial charge on any atom is -0.345 e. The lowest BCUT2D eigenvalue weighted by Gasteiger charge is -2.44. The van der Waals surface area contributed by atoms with Crippen LogP contribution < -0.4 is 0 Å². The van der Waals surface area contributed by atoms with Gasteiger partial charge in [-0.3, -0.25) is 4.79 Å². The van der Waals surface area contributed by atoms with Crippen LogP contribution in [-0.2, 0) is 23.9 Å². The second-order valence-corrected chi connectivity index (χ2v) is 10.8. The Kier molecular flexibility index (Phi) is 5.82. The van der Waals surface area contributed by atoms with Gasteiger partial charge >= 0.3 is 6.18 Å². The van der Waals surface area contributed by atoms with Crippen LogP contribution in [0.1, 0.15) is 52.4 Å². The van der Waals surface area contributed by atoms with Crippen LogP contribution in [0.3, 0.4) is 0 Å². The summed E-state index contributed by atoms with van der Waals surface area (Å²) in [6.07, 6.45) is -1.50. The third-order valence-corrected chi connectivity index (χ3v) is 8.58. The summed E-state index contributed by atoms with van der Waals surface area (Å²) in [5.41, 5.74) is -0.160. The zero-order chi connectivity index (χ0) is 27.6. The fourth-order valence-corrected chi connectivity index (χ4v) is 6.47. The lowest BCUT2D eigenvalue weighted by molar-refractivity contribution is -0.228. The van der Waals surface area contributed by atoms with Gasteiger partial charge in [0.25, 0.3) is 5.91 Å². The van der Waals surface area contributed by atoms with Gasteiger partial charge in [-0.05, 0) is 85.2 Å². The molecule has 0 spiro atoms. The predicted molar refractivity (Wildman–Crippen MR) is 137 cm³/mol. The van der Waals surface area contributed by atoms with Crippen molar-refractivity contribution in [2.75, 3.05) is 6.54 Å². The van der Waals surface area contributed by atoms with Gasteiger partial charge < -0.3 is 9.88 Å². The largest absolute Gasteiger partial charge is 0.426 e. The van der Waals surface area contributed by atoms with Crippen LogP contribution >= 0.6 is 0 Å². The monoisotopic (exact) mass is 539 g/mol. The number of aromatic amines is 1. The van der Waals surface area contributed by atoms with Crippen molar-refractivity contribution in [3.05, 3.63) is 101 Å². The van der Waals surface area contributed by atoms with Gasteiger partial charge in [0.15, 0.2) is 0 Å². The quantitative estimate of drug-likeness (QED) is 0.290. The third kappa shape index (κ3) is 4.10. The van der Waals surface area contributed by atoms with Gasteiger partial charge in [-0.1, -0.05) is 30.3 Å². The SMILES string of the molecule is CC(F)(c1ccc2c(c1)CC[C@H]1N(C(=O)c3ccc4nc[nH]c4c3)CC[C@@]21Cc1ccc(F)cc1)C(F)(F)F. The molecule has 1 N–H and O–H groups in total. The number of imidazole rings is 1. The Bertz CT molecular complexity index is 1560. The molecule has 0 radical (unpaired) electrons. The van der Waals surface area contributed by atoms with Gasteiger partial charge in [0.05, 0.1) is 17.4 Å². The van der Waals surface area contributed by atoms with E-state index >= 15 is 0 Å². The number of aryl methyl sites for hydroxylation is 1. The average molecular weight is 540 g/mol. The summed E-state index contributed by atoms with van der Waals surface area (Å²) in [6.45, 7) is 0.997. The van der Waals surface area contributed by atoms with Crippen LogP contribution in [0.5, 0.6) is 0 Å². The molecule has 0 saturated carbocycles. The smallest absolute Gasteiger partial charge is 0.345 e. The minimum atomic E-state index is -5.05. The Morgan fingerprint density at radius 1 is 1.08 bits per heavy atom. The Hall–Kier alpha value is -3.75. The van der Waals surface area contributed by atoms with E-state index in [1.807, 2.05) is 4.90 Å². The number of nitrogens with zero attached hydrogens (tertiary/aromatic N) is 2. The number of hydrogen-bond donors (Lipinski definition) is 1. The maximum Gasteiger partial charge on any atom is 0.426 e. The summed E-state index contributed by atoms with van der Waals surface area (Å²) in [5.74, 6) is -0.501. The highest BCUT2D eigenvalue weighted by Crippen LogP contribution is 2.51. The minimum absolute atomic E-state index is 0.133. The summed E-state index contributed by atoms with van der Waals surface area (Å²) >= 11 is 0. The molecular formula is C30H26F5N3O. The van der Waals surface area contributed by atoms with Gasteiger partial charge in [-0.15, -0.1) is 0 Å². The van der Waals surface area contributed by atoms with Crippen molar-refractivity contribution in [3.8, 4) is 0 Å². The number of amides is 1. The van der Waals surface area contributed by atoms with Gasteiger partial charge in [-0.2, -0.15) is 13.2 Å². The summed E-state index contributed by atoms with van der Waals surface area (Å²) in [6, 6.07) is 15.4. The molecule has 1 aromatic heterocycles. The molecule has 9 heteroatoms. The van der Waals surface area contributed by atoms with Crippen molar-refractivity contribution in [2.45, 2.75) is 55.9 Å². The summed E-state index contributed by atoms with van der Waals surface area (Å²) in [5, 5.41) is 0. The fourth-order valence-electron chi connectivity index (χ4n) is 6.47. The van der Waals surface area contributed by atoms with Crippen LogP contribution in [0.25, 0.3) is 11.0 Å². The van der Waals surface area contributed by atoms with E-state index in [9.17, 15) is 26.7 Å². The molecule has 4 nitrogen and oxygen atoms in total. The Labute approximate surface area is 221 Å². The second kappa shape index (κ2) is 8.89. The molecule has 1 saturated heterocycles. The van der Waals surface area contributed by atoms with Gasteiger partial charge in [-0.25, -0.2) is 13.8 Å². The molecule has 3 aromatic carbocycles. The lowest BCUT2D eigenvalue weighted by atomic mass is 9.63. The van der Waals surface area contributed by atoms with E-state index in [1.54, 1.807) is 42.7 Å². The first-order valence-corrected chi connectivity index (χ1v) is 12.9. The van der Waals surface area contributed by atoms with Crippen LogP contribution in [0.15, 0.2) is 67.0 Å². The lowest BCUT2D eigenvalue weighted by Crippen LogP contribution is -2.49. The second-order valence-electron chi connectivity index (χ2n) is 10.8. The van der Waals surface area contributed by atoms with Crippen LogP contribution in [0, 0.1) is 5.82 Å². The van der Waals surface area contributed by atoms with E-state index in [0.29, 0.717) is 50.3 Å². The van der Waals surface area contributed by atoms with E-state index in [4.69, 9.17) is 0 Å². The average Bonchev–Trinajstić information content (AvgIpc) is 3.53. The number of H-pyrrole nitrogens is 1. The standard InChI is InChI=1S/C30H26F5N3O/c1-28(32,30(33,34)35)21-6-9-23-19(14-21)5-11-26-29(23,16-18-2-7-22(31)8-3-18)12-13-38(26)27(39)20-4-10-24-25(15-20)37-17-36-24/h2-4,6-10,14-15,17,26H,5,11-13,16H2,1H3,(H,36,37)/t26-,28?,29-/m1/s1. The van der Waals surface area contributed by atoms with E-state index in [0.717, 1.165) is 22.2 Å². The molecular weight excluding hydrogens is 513 g/mol. The van der Waals surface area contributed by atoms with E-state index in [2.05, 4.69) is 9.97 Å². The molecule has 1 aliphatic heterocycles. The number of carbonyl (C=O) groups is 1. The predicted octanol–water partition coefficient (Wildman–Crippen LogP) is 6.79. The molecule has 0 bridgehead atoms. The van der Waals surface area contributed by atoms with E-state index < -0.39 is 22.8 Å². The van der Waals surface area contributed by atoms with Gasteiger partial charge in [0.2, 0.25) is 5.67 Å². The molecule has 2 aliphatic rings. The maximum absolute atomic E-state index is 14.9. The first kappa shape index (κ1) is 25.5. The third-order valence-electron chi connectivity index (χ3n) is 8.58. The highest BCUT2D eigenvalue weighted by atomic mass is 19.4. The van der Waals surface area contributed by atoms with Gasteiger partial charge in [0.1, 0.15) is 5.82 Å². The van der Waals surface area contributed by atoms with Crippen molar-refractivity contribution in [3.63, 3.8) is 0 Å². The molecule has 1 amide bonds. The molecule has 39 heavy (non-hydrogen) atoms. The number of halogens is 5. The van der Waals surface area contributed by atoms with Crippen molar-refractivity contribution in [2.24, 2.45) is 0 Å². The van der Waals surface area contributed by atoms with Crippen molar-refractivity contribution in [1.82, 2.24) is 14.9 Å². The number of rotatable bonds is 4. The number of carbonyl (C=O) groups excluding carboxylic acids is 1. The maximum atomic E-state index is 14.9. The molecule has 2 heterocycles. The zero-order valence-corrected chi connectivity index (χ0v) is 21.2. The zero-order valence-electron chi connectivity index (χ0n) is 21.2. The molecule has 202 valence electrons. The Morgan fingerprint density at radius 2 is 1.85 bits per heavy atom. The summed E-state index contributed by atoms with van der Waals surface area (Å²) in [4.78, 5) is 22.9. The Balaban J connectivity index is 1.42. The number of aromatic nitrogens is 2. The number of alkyl halides is 4. The number of nitrogens with one attached hydrogen (secondary N) is 1. The normalized spacial score (nSPS) is 22.4. The number of hydrogen-bond acceptors (Lipinski definition) is 2. The number of benzene rings is 3. The van der Waals surface area contributed by atoms with Crippen LogP contribution in [-0.4, -0.2) is 39.5 Å². The van der Waals surface area contributed by atoms with Crippen molar-refractivity contribution in [1.29, 1.82) is 0 Å². The van der Waals surface area contributed by atoms with E-state index in [1.165, 1.54) is 24.3 Å². The highest BCUT2D eigenvalue weighted by Gasteiger charge is 2.55. The molecule has 3 atom stereocenters. The molecule has 1 aliphatic carbocycles. The molecule has 1 unspecified atom stereocenters. The molecule has 1 fully saturated rings.